The van der Waals surface area contributed by atoms with Gasteiger partial charge in [0, 0.05) is 52.4 Å². The van der Waals surface area contributed by atoms with Crippen molar-refractivity contribution in [1.29, 1.82) is 0 Å². The highest BCUT2D eigenvalue weighted by molar-refractivity contribution is 7.86. The summed E-state index contributed by atoms with van der Waals surface area (Å²) in [4.78, 5) is 6.90. The Morgan fingerprint density at radius 2 is 1.77 bits per heavy atom. The number of benzene rings is 1. The van der Waals surface area contributed by atoms with Crippen molar-refractivity contribution in [2.24, 2.45) is 0 Å². The van der Waals surface area contributed by atoms with E-state index < -0.39 is 10.2 Å². The zero-order valence-corrected chi connectivity index (χ0v) is 16.6. The second-order valence-electron chi connectivity index (χ2n) is 6.80. The van der Waals surface area contributed by atoms with Crippen LogP contribution in [0.4, 0.5) is 0 Å². The molecule has 0 radical (unpaired) electrons. The van der Waals surface area contributed by atoms with Crippen LogP contribution in [0.15, 0.2) is 28.7 Å². The summed E-state index contributed by atoms with van der Waals surface area (Å²) in [5.41, 5.74) is 3.04. The smallest absolute Gasteiger partial charge is 0.281 e. The largest absolute Gasteiger partial charge is 0.441 e. The van der Waals surface area contributed by atoms with Crippen LogP contribution >= 0.6 is 0 Å². The van der Waals surface area contributed by atoms with E-state index in [0.717, 1.165) is 22.6 Å². The monoisotopic (exact) mass is 378 g/mol. The van der Waals surface area contributed by atoms with Crippen LogP contribution in [-0.2, 0) is 16.8 Å². The van der Waals surface area contributed by atoms with E-state index in [-0.39, 0.29) is 0 Å². The average Bonchev–Trinajstić information content (AvgIpc) is 2.96. The van der Waals surface area contributed by atoms with Gasteiger partial charge in [-0.3, -0.25) is 4.90 Å². The van der Waals surface area contributed by atoms with E-state index in [4.69, 9.17) is 4.42 Å². The molecule has 7 nitrogen and oxygen atoms in total. The van der Waals surface area contributed by atoms with Gasteiger partial charge in [-0.1, -0.05) is 18.2 Å². The van der Waals surface area contributed by atoms with Gasteiger partial charge in [0.05, 0.1) is 5.69 Å². The normalized spacial score (nSPS) is 17.1. The topological polar surface area (TPSA) is 69.9 Å². The van der Waals surface area contributed by atoms with Gasteiger partial charge in [0.1, 0.15) is 5.76 Å². The molecule has 3 rings (SSSR count). The van der Waals surface area contributed by atoms with E-state index in [1.807, 2.05) is 38.1 Å². The van der Waals surface area contributed by atoms with Gasteiger partial charge in [-0.15, -0.1) is 0 Å². The van der Waals surface area contributed by atoms with Crippen molar-refractivity contribution in [2.75, 3.05) is 40.3 Å². The van der Waals surface area contributed by atoms with E-state index in [1.165, 1.54) is 8.61 Å². The Kier molecular flexibility index (Phi) is 5.47. The van der Waals surface area contributed by atoms with Crippen LogP contribution in [0.1, 0.15) is 17.0 Å². The first-order valence-corrected chi connectivity index (χ1v) is 10.1. The average molecular weight is 378 g/mol. The maximum absolute atomic E-state index is 12.2. The standard InChI is InChI=1S/C18H26N4O3S/c1-14-7-5-6-8-16(14)18-19-17(15(2)25-18)13-21-9-11-22(12-10-21)26(23,24)20(3)4/h5-8H,9-13H2,1-4H3. The van der Waals surface area contributed by atoms with Gasteiger partial charge in [-0.2, -0.15) is 17.0 Å². The second-order valence-corrected chi connectivity index (χ2v) is 8.94. The summed E-state index contributed by atoms with van der Waals surface area (Å²) in [6, 6.07) is 8.02. The summed E-state index contributed by atoms with van der Waals surface area (Å²) in [5, 5.41) is 0. The highest BCUT2D eigenvalue weighted by atomic mass is 32.2. The van der Waals surface area contributed by atoms with Crippen LogP contribution in [0.25, 0.3) is 11.5 Å². The number of rotatable bonds is 5. The molecular formula is C18H26N4O3S. The molecule has 0 aliphatic carbocycles. The van der Waals surface area contributed by atoms with Gasteiger partial charge < -0.3 is 4.42 Å². The van der Waals surface area contributed by atoms with Crippen molar-refractivity contribution >= 4 is 10.2 Å². The Bertz CT molecular complexity index is 868. The molecule has 0 amide bonds. The molecule has 2 heterocycles. The minimum Gasteiger partial charge on any atom is -0.441 e. The van der Waals surface area contributed by atoms with E-state index in [1.54, 1.807) is 14.1 Å². The van der Waals surface area contributed by atoms with Crippen LogP contribution in [0.3, 0.4) is 0 Å². The fourth-order valence-electron chi connectivity index (χ4n) is 3.06. The Morgan fingerprint density at radius 1 is 1.12 bits per heavy atom. The zero-order chi connectivity index (χ0) is 18.9. The summed E-state index contributed by atoms with van der Waals surface area (Å²) in [5.74, 6) is 1.45. The molecule has 0 saturated carbocycles. The lowest BCUT2D eigenvalue weighted by Crippen LogP contribution is -2.51. The molecule has 1 aromatic heterocycles. The second kappa shape index (κ2) is 7.48. The van der Waals surface area contributed by atoms with E-state index in [9.17, 15) is 8.42 Å². The number of hydrogen-bond acceptors (Lipinski definition) is 5. The van der Waals surface area contributed by atoms with Gasteiger partial charge in [-0.25, -0.2) is 4.98 Å². The van der Waals surface area contributed by atoms with Gasteiger partial charge in [-0.05, 0) is 25.5 Å². The molecular weight excluding hydrogens is 352 g/mol. The van der Waals surface area contributed by atoms with Crippen LogP contribution in [0.5, 0.6) is 0 Å². The molecule has 2 aromatic rings. The zero-order valence-electron chi connectivity index (χ0n) is 15.8. The molecule has 1 aliphatic heterocycles. The van der Waals surface area contributed by atoms with Crippen molar-refractivity contribution in [3.8, 4) is 11.5 Å². The number of piperazine rings is 1. The lowest BCUT2D eigenvalue weighted by molar-refractivity contribution is 0.175. The molecule has 1 saturated heterocycles. The van der Waals surface area contributed by atoms with Crippen LogP contribution in [-0.4, -0.2) is 67.2 Å². The minimum atomic E-state index is -3.34. The Balaban J connectivity index is 1.67. The Hall–Kier alpha value is -1.74. The van der Waals surface area contributed by atoms with Crippen molar-refractivity contribution in [3.63, 3.8) is 0 Å². The lowest BCUT2D eigenvalue weighted by Gasteiger charge is -2.34. The van der Waals surface area contributed by atoms with Crippen molar-refractivity contribution in [1.82, 2.24) is 18.5 Å². The lowest BCUT2D eigenvalue weighted by atomic mass is 10.1. The molecule has 1 aromatic carbocycles. The summed E-state index contributed by atoms with van der Waals surface area (Å²) in [6.07, 6.45) is 0. The fourth-order valence-corrected chi connectivity index (χ4v) is 4.15. The van der Waals surface area contributed by atoms with Crippen molar-refractivity contribution < 1.29 is 12.8 Å². The molecule has 26 heavy (non-hydrogen) atoms. The summed E-state index contributed by atoms with van der Waals surface area (Å²) in [6.45, 7) is 6.97. The van der Waals surface area contributed by atoms with E-state index in [0.29, 0.717) is 38.6 Å². The quantitative estimate of drug-likeness (QED) is 0.795. The van der Waals surface area contributed by atoms with Gasteiger partial charge >= 0.3 is 0 Å². The first-order valence-electron chi connectivity index (χ1n) is 8.71. The van der Waals surface area contributed by atoms with Gasteiger partial charge in [0.15, 0.2) is 0 Å². The maximum Gasteiger partial charge on any atom is 0.281 e. The van der Waals surface area contributed by atoms with E-state index in [2.05, 4.69) is 9.88 Å². The molecule has 0 spiro atoms. The van der Waals surface area contributed by atoms with Crippen LogP contribution in [0, 0.1) is 13.8 Å². The number of aromatic nitrogens is 1. The fraction of sp³-hybridized carbons (Fsp3) is 0.500. The van der Waals surface area contributed by atoms with Crippen LogP contribution < -0.4 is 0 Å². The third kappa shape index (κ3) is 3.83. The summed E-state index contributed by atoms with van der Waals surface area (Å²) >= 11 is 0. The molecule has 0 unspecified atom stereocenters. The first kappa shape index (κ1) is 19.0. The van der Waals surface area contributed by atoms with Gasteiger partial charge in [0.25, 0.3) is 10.2 Å². The molecule has 0 atom stereocenters. The molecule has 8 heteroatoms. The van der Waals surface area contributed by atoms with Gasteiger partial charge in [0.2, 0.25) is 5.89 Å². The highest BCUT2D eigenvalue weighted by Gasteiger charge is 2.29. The SMILES string of the molecule is Cc1ccccc1-c1nc(CN2CCN(S(=O)(=O)N(C)C)CC2)c(C)o1. The summed E-state index contributed by atoms with van der Waals surface area (Å²) < 4.78 is 33.1. The third-order valence-corrected chi connectivity index (χ3v) is 6.70. The van der Waals surface area contributed by atoms with Crippen molar-refractivity contribution in [3.05, 3.63) is 41.3 Å². The molecule has 0 bridgehead atoms. The Labute approximate surface area is 155 Å². The first-order chi connectivity index (χ1) is 12.3. The number of hydrogen-bond donors (Lipinski definition) is 0. The van der Waals surface area contributed by atoms with E-state index >= 15 is 0 Å². The third-order valence-electron chi connectivity index (χ3n) is 4.76. The predicted molar refractivity (Wildman–Crippen MR) is 101 cm³/mol. The molecule has 142 valence electrons. The van der Waals surface area contributed by atoms with Crippen LogP contribution in [0.2, 0.25) is 0 Å². The Morgan fingerprint density at radius 3 is 2.38 bits per heavy atom. The number of aryl methyl sites for hydroxylation is 2. The number of oxazole rings is 1. The predicted octanol–water partition coefficient (Wildman–Crippen LogP) is 1.88. The summed E-state index contributed by atoms with van der Waals surface area (Å²) in [7, 11) is -0.209. The molecule has 0 N–H and O–H groups in total. The highest BCUT2D eigenvalue weighted by Crippen LogP contribution is 2.25. The number of nitrogens with zero attached hydrogens (tertiary/aromatic N) is 4. The molecule has 1 aliphatic rings. The molecule has 1 fully saturated rings. The maximum atomic E-state index is 12.2. The van der Waals surface area contributed by atoms with Crippen molar-refractivity contribution in [2.45, 2.75) is 20.4 Å². The minimum absolute atomic E-state index is 0.488.